The number of carboxylic acids is 1. The zero-order chi connectivity index (χ0) is 15.5. The van der Waals surface area contributed by atoms with Crippen LogP contribution in [0.4, 0.5) is 14.9 Å². The van der Waals surface area contributed by atoms with Crippen molar-refractivity contribution in [3.63, 3.8) is 0 Å². The predicted molar refractivity (Wildman–Crippen MR) is 74.5 cm³/mol. The number of carbonyl (C=O) groups excluding carboxylic acids is 1. The molecule has 0 saturated carbocycles. The fraction of sp³-hybridized carbons (Fsp3) is 0.429. The van der Waals surface area contributed by atoms with Crippen molar-refractivity contribution in [1.29, 1.82) is 0 Å². The number of amides is 2. The van der Waals surface area contributed by atoms with E-state index >= 15 is 0 Å². The molecule has 0 aliphatic rings. The first-order valence-corrected chi connectivity index (χ1v) is 6.15. The molecule has 0 aliphatic heterocycles. The number of benzene rings is 1. The second-order valence-electron chi connectivity index (χ2n) is 5.85. The minimum atomic E-state index is -1.22. The molecular weight excluding hydrogens is 263 g/mol. The van der Waals surface area contributed by atoms with Gasteiger partial charge in [-0.15, -0.1) is 0 Å². The van der Waals surface area contributed by atoms with Gasteiger partial charge >= 0.3 is 12.0 Å². The summed E-state index contributed by atoms with van der Waals surface area (Å²) in [5, 5.41) is 11.2. The summed E-state index contributed by atoms with van der Waals surface area (Å²) >= 11 is 0. The van der Waals surface area contributed by atoms with Crippen molar-refractivity contribution in [3.05, 3.63) is 29.6 Å². The van der Waals surface area contributed by atoms with Gasteiger partial charge in [0.2, 0.25) is 0 Å². The summed E-state index contributed by atoms with van der Waals surface area (Å²) in [6.45, 7) is 6.46. The lowest BCUT2D eigenvalue weighted by molar-refractivity contribution is 0.0696. The molecule has 0 heterocycles. The molecule has 2 amide bonds. The maximum absolute atomic E-state index is 13.7. The Kier molecular flexibility index (Phi) is 4.70. The zero-order valence-electron chi connectivity index (χ0n) is 12.0. The van der Waals surface area contributed by atoms with Gasteiger partial charge in [0.25, 0.3) is 0 Å². The first-order chi connectivity index (χ1) is 9.10. The van der Waals surface area contributed by atoms with Crippen molar-refractivity contribution in [1.82, 2.24) is 4.90 Å². The van der Waals surface area contributed by atoms with Crippen LogP contribution in [0, 0.1) is 11.2 Å². The minimum Gasteiger partial charge on any atom is -0.478 e. The van der Waals surface area contributed by atoms with Crippen LogP contribution in [0.1, 0.15) is 31.1 Å². The molecule has 0 unspecified atom stereocenters. The predicted octanol–water partition coefficient (Wildman–Crippen LogP) is 3.03. The lowest BCUT2D eigenvalue weighted by Gasteiger charge is -2.26. The first kappa shape index (κ1) is 15.9. The van der Waals surface area contributed by atoms with Crippen LogP contribution in [0.3, 0.4) is 0 Å². The molecule has 1 aromatic carbocycles. The van der Waals surface area contributed by atoms with E-state index in [0.717, 1.165) is 6.07 Å². The Balaban J connectivity index is 2.78. The minimum absolute atomic E-state index is 0.0410. The molecular formula is C14H19FN2O3. The molecule has 0 fully saturated rings. The van der Waals surface area contributed by atoms with Crippen molar-refractivity contribution in [2.45, 2.75) is 20.8 Å². The Hall–Kier alpha value is -2.11. The summed E-state index contributed by atoms with van der Waals surface area (Å²) in [5.74, 6) is -1.99. The summed E-state index contributed by atoms with van der Waals surface area (Å²) in [4.78, 5) is 24.0. The fourth-order valence-corrected chi connectivity index (χ4v) is 1.74. The van der Waals surface area contributed by atoms with Gasteiger partial charge in [-0.1, -0.05) is 20.8 Å². The number of aromatic carboxylic acids is 1. The van der Waals surface area contributed by atoms with Gasteiger partial charge in [-0.25, -0.2) is 14.0 Å². The van der Waals surface area contributed by atoms with E-state index in [-0.39, 0.29) is 16.7 Å². The smallest absolute Gasteiger partial charge is 0.335 e. The Bertz CT molecular complexity index is 524. The van der Waals surface area contributed by atoms with E-state index in [1.165, 1.54) is 17.0 Å². The van der Waals surface area contributed by atoms with E-state index in [4.69, 9.17) is 5.11 Å². The molecule has 1 rings (SSSR count). The number of carbonyl (C=O) groups is 2. The van der Waals surface area contributed by atoms with Crippen molar-refractivity contribution >= 4 is 17.7 Å². The third-order valence-corrected chi connectivity index (χ3v) is 2.52. The quantitative estimate of drug-likeness (QED) is 0.895. The van der Waals surface area contributed by atoms with E-state index < -0.39 is 17.8 Å². The largest absolute Gasteiger partial charge is 0.478 e. The average molecular weight is 282 g/mol. The van der Waals surface area contributed by atoms with Crippen LogP contribution in [-0.4, -0.2) is 35.6 Å². The van der Waals surface area contributed by atoms with Crippen molar-refractivity contribution in [3.8, 4) is 0 Å². The number of rotatable bonds is 3. The van der Waals surface area contributed by atoms with Gasteiger partial charge in [-0.05, 0) is 23.6 Å². The summed E-state index contributed by atoms with van der Waals surface area (Å²) in [7, 11) is 1.62. The van der Waals surface area contributed by atoms with Crippen molar-refractivity contribution < 1.29 is 19.1 Å². The third kappa shape index (κ3) is 4.53. The number of hydrogen-bond donors (Lipinski definition) is 2. The summed E-state index contributed by atoms with van der Waals surface area (Å²) in [6.07, 6.45) is 0. The molecule has 0 aromatic heterocycles. The topological polar surface area (TPSA) is 69.6 Å². The summed E-state index contributed by atoms with van der Waals surface area (Å²) < 4.78 is 13.7. The van der Waals surface area contributed by atoms with E-state index in [0.29, 0.717) is 6.54 Å². The van der Waals surface area contributed by atoms with Crippen LogP contribution in [0.15, 0.2) is 18.2 Å². The number of urea groups is 1. The maximum Gasteiger partial charge on any atom is 0.335 e. The highest BCUT2D eigenvalue weighted by Gasteiger charge is 2.18. The van der Waals surface area contributed by atoms with Crippen LogP contribution in [-0.2, 0) is 0 Å². The normalized spacial score (nSPS) is 11.1. The Morgan fingerprint density at radius 1 is 1.35 bits per heavy atom. The number of hydrogen-bond acceptors (Lipinski definition) is 2. The van der Waals surface area contributed by atoms with Gasteiger partial charge in [0.05, 0.1) is 11.3 Å². The van der Waals surface area contributed by atoms with E-state index in [9.17, 15) is 14.0 Å². The second kappa shape index (κ2) is 5.90. The van der Waals surface area contributed by atoms with E-state index in [1.807, 2.05) is 20.8 Å². The van der Waals surface area contributed by atoms with Gasteiger partial charge in [0, 0.05) is 13.6 Å². The second-order valence-corrected chi connectivity index (χ2v) is 5.85. The molecule has 1 aromatic rings. The molecule has 0 saturated heterocycles. The molecule has 5 nitrogen and oxygen atoms in total. The van der Waals surface area contributed by atoms with Gasteiger partial charge in [-0.3, -0.25) is 0 Å². The molecule has 2 N–H and O–H groups in total. The van der Waals surface area contributed by atoms with Crippen LogP contribution in [0.2, 0.25) is 0 Å². The highest BCUT2D eigenvalue weighted by molar-refractivity contribution is 5.91. The lowest BCUT2D eigenvalue weighted by Crippen LogP contribution is -2.37. The molecule has 6 heteroatoms. The molecule has 0 radical (unpaired) electrons. The summed E-state index contributed by atoms with van der Waals surface area (Å²) in [5.41, 5.74) is -0.276. The highest BCUT2D eigenvalue weighted by atomic mass is 19.1. The number of nitrogens with one attached hydrogen (secondary N) is 1. The Labute approximate surface area is 117 Å². The molecule has 20 heavy (non-hydrogen) atoms. The monoisotopic (exact) mass is 282 g/mol. The van der Waals surface area contributed by atoms with Gasteiger partial charge in [0.1, 0.15) is 5.82 Å². The van der Waals surface area contributed by atoms with Crippen LogP contribution in [0.25, 0.3) is 0 Å². The van der Waals surface area contributed by atoms with Crippen LogP contribution in [0.5, 0.6) is 0 Å². The standard InChI is InChI=1S/C14H19FN2O3/c1-14(2,3)8-17(4)13(20)16-11-6-5-9(12(18)19)7-10(11)15/h5-7H,8H2,1-4H3,(H,16,20)(H,18,19). The van der Waals surface area contributed by atoms with Crippen molar-refractivity contribution in [2.24, 2.45) is 5.41 Å². The molecule has 0 bridgehead atoms. The summed E-state index contributed by atoms with van der Waals surface area (Å²) in [6, 6.07) is 2.91. The highest BCUT2D eigenvalue weighted by Crippen LogP contribution is 2.18. The van der Waals surface area contributed by atoms with Crippen LogP contribution < -0.4 is 5.32 Å². The van der Waals surface area contributed by atoms with Crippen molar-refractivity contribution in [2.75, 3.05) is 18.9 Å². The number of carboxylic acid groups (broad SMARTS) is 1. The van der Waals surface area contributed by atoms with Gasteiger partial charge in [-0.2, -0.15) is 0 Å². The zero-order valence-corrected chi connectivity index (χ0v) is 12.0. The first-order valence-electron chi connectivity index (χ1n) is 6.15. The molecule has 0 spiro atoms. The Morgan fingerprint density at radius 3 is 2.40 bits per heavy atom. The SMILES string of the molecule is CN(CC(C)(C)C)C(=O)Nc1ccc(C(=O)O)cc1F. The average Bonchev–Trinajstić information content (AvgIpc) is 2.29. The number of halogens is 1. The van der Waals surface area contributed by atoms with E-state index in [2.05, 4.69) is 5.32 Å². The third-order valence-electron chi connectivity index (χ3n) is 2.52. The fourth-order valence-electron chi connectivity index (χ4n) is 1.74. The number of nitrogens with zero attached hydrogens (tertiary/aromatic N) is 1. The van der Waals surface area contributed by atoms with Gasteiger partial charge < -0.3 is 15.3 Å². The van der Waals surface area contributed by atoms with Crippen LogP contribution >= 0.6 is 0 Å². The molecule has 0 aliphatic carbocycles. The number of anilines is 1. The van der Waals surface area contributed by atoms with Gasteiger partial charge in [0.15, 0.2) is 0 Å². The van der Waals surface area contributed by atoms with E-state index in [1.54, 1.807) is 7.05 Å². The lowest BCUT2D eigenvalue weighted by atomic mass is 9.96. The molecule has 0 atom stereocenters. The maximum atomic E-state index is 13.7. The Morgan fingerprint density at radius 2 is 1.95 bits per heavy atom. The molecule has 110 valence electrons.